The van der Waals surface area contributed by atoms with E-state index in [2.05, 4.69) is 25.9 Å². The fourth-order valence-corrected chi connectivity index (χ4v) is 4.74. The van der Waals surface area contributed by atoms with E-state index in [9.17, 15) is 14.9 Å². The van der Waals surface area contributed by atoms with Crippen LogP contribution in [0.1, 0.15) is 24.4 Å². The van der Waals surface area contributed by atoms with E-state index in [1.165, 1.54) is 10.9 Å². The first-order chi connectivity index (χ1) is 21.3. The second-order valence-corrected chi connectivity index (χ2v) is 9.81. The molecule has 0 saturated carbocycles. The van der Waals surface area contributed by atoms with E-state index in [4.69, 9.17) is 32.2 Å². The number of aliphatic hydroxyl groups excluding tert-OH is 1. The molecule has 2 amide bonds. The van der Waals surface area contributed by atoms with Gasteiger partial charge >= 0.3 is 6.03 Å². The van der Waals surface area contributed by atoms with Crippen LogP contribution in [0.25, 0.3) is 16.6 Å². The maximum atomic E-state index is 14.0. The molecule has 3 aromatic carbocycles. The maximum absolute atomic E-state index is 14.0. The van der Waals surface area contributed by atoms with E-state index >= 15 is 0 Å². The van der Waals surface area contributed by atoms with Crippen molar-refractivity contribution in [2.24, 2.45) is 0 Å². The molecule has 0 fully saturated rings. The number of rotatable bonds is 9. The lowest BCUT2D eigenvalue weighted by atomic mass is 10.2. The number of urea groups is 1. The molecular formula is C30H26ClN9O4. The third-order valence-electron chi connectivity index (χ3n) is 6.45. The van der Waals surface area contributed by atoms with Gasteiger partial charge in [0.15, 0.2) is 0 Å². The number of benzene rings is 3. The summed E-state index contributed by atoms with van der Waals surface area (Å²) in [5.41, 5.74) is 7.02. The van der Waals surface area contributed by atoms with Crippen molar-refractivity contribution < 1.29 is 14.6 Å². The van der Waals surface area contributed by atoms with Crippen LogP contribution in [0.5, 0.6) is 5.75 Å². The van der Waals surface area contributed by atoms with E-state index in [-0.39, 0.29) is 46.6 Å². The third-order valence-corrected chi connectivity index (χ3v) is 6.76. The number of nitriles is 1. The first kappa shape index (κ1) is 29.8. The van der Waals surface area contributed by atoms with Crippen LogP contribution in [0, 0.1) is 11.3 Å². The molecule has 0 aliphatic rings. The summed E-state index contributed by atoms with van der Waals surface area (Å²) in [5.74, 6) is 0.858. The highest BCUT2D eigenvalue weighted by molar-refractivity contribution is 6.35. The Morgan fingerprint density at radius 3 is 2.73 bits per heavy atom. The highest BCUT2D eigenvalue weighted by atomic mass is 35.5. The van der Waals surface area contributed by atoms with Crippen LogP contribution in [0.3, 0.4) is 0 Å². The number of anilines is 4. The fourth-order valence-electron chi connectivity index (χ4n) is 4.49. The smallest absolute Gasteiger partial charge is 0.323 e. The first-order valence-corrected chi connectivity index (χ1v) is 13.7. The monoisotopic (exact) mass is 611 g/mol. The third kappa shape index (κ3) is 6.21. The van der Waals surface area contributed by atoms with Gasteiger partial charge in [0.25, 0.3) is 5.56 Å². The van der Waals surface area contributed by atoms with Gasteiger partial charge in [-0.25, -0.2) is 19.7 Å². The predicted octanol–water partition coefficient (Wildman–Crippen LogP) is 4.47. The molecule has 0 bridgehead atoms. The molecule has 14 heteroatoms. The molecule has 1 unspecified atom stereocenters. The minimum atomic E-state index is -0.664. The number of hydrogen-bond donors (Lipinski definition) is 5. The summed E-state index contributed by atoms with van der Waals surface area (Å²) in [5, 5.41) is 27.7. The molecule has 0 radical (unpaired) electrons. The SMILES string of the molecule is CC(Nc1ncnc(N)c1C#N)c1nc2cccc(Cl)c2c(=O)n1-c1cccc(NC(=O)Nc2ccccc2OCCO)c1. The second-order valence-electron chi connectivity index (χ2n) is 9.40. The van der Waals surface area contributed by atoms with Crippen molar-refractivity contribution in [3.63, 3.8) is 0 Å². The number of halogens is 1. The molecule has 2 heterocycles. The topological polar surface area (TPSA) is 193 Å². The number of nitrogens with one attached hydrogen (secondary N) is 3. The quantitative estimate of drug-likeness (QED) is 0.159. The number of aromatic nitrogens is 4. The average Bonchev–Trinajstić information content (AvgIpc) is 3.00. The number of aliphatic hydroxyl groups is 1. The van der Waals surface area contributed by atoms with Gasteiger partial charge in [0.2, 0.25) is 0 Å². The summed E-state index contributed by atoms with van der Waals surface area (Å²) in [6, 6.07) is 19.2. The van der Waals surface area contributed by atoms with E-state index in [0.29, 0.717) is 28.3 Å². The first-order valence-electron chi connectivity index (χ1n) is 13.3. The number of nitrogens with two attached hydrogens (primary N) is 1. The zero-order chi connectivity index (χ0) is 31.2. The van der Waals surface area contributed by atoms with Crippen LogP contribution in [-0.4, -0.2) is 43.9 Å². The standard InChI is InChI=1S/C30H26ClN9O4/c1-17(36-27-20(15-32)26(33)34-16-35-27)28-38-23-10-5-8-21(31)25(23)29(42)40(28)19-7-4-6-18(14-19)37-30(43)39-22-9-2-3-11-24(22)44-13-12-41/h2-11,14,16-17,41H,12-13H2,1H3,(H2,37,39,43)(H3,33,34,35,36). The van der Waals surface area contributed by atoms with Crippen LogP contribution in [0.2, 0.25) is 5.02 Å². The lowest BCUT2D eigenvalue weighted by Crippen LogP contribution is -2.28. The summed E-state index contributed by atoms with van der Waals surface area (Å²) in [7, 11) is 0. The molecule has 5 rings (SSSR count). The maximum Gasteiger partial charge on any atom is 0.323 e. The van der Waals surface area contributed by atoms with Gasteiger partial charge in [-0.15, -0.1) is 0 Å². The average molecular weight is 612 g/mol. The Morgan fingerprint density at radius 2 is 1.93 bits per heavy atom. The Balaban J connectivity index is 1.52. The van der Waals surface area contributed by atoms with E-state index < -0.39 is 17.6 Å². The molecule has 0 saturated heterocycles. The predicted molar refractivity (Wildman–Crippen MR) is 167 cm³/mol. The van der Waals surface area contributed by atoms with Crippen molar-refractivity contribution in [1.82, 2.24) is 19.5 Å². The van der Waals surface area contributed by atoms with Crippen molar-refractivity contribution in [1.29, 1.82) is 5.26 Å². The Hall–Kier alpha value is -5.71. The highest BCUT2D eigenvalue weighted by Crippen LogP contribution is 2.27. The number of hydrogen-bond acceptors (Lipinski definition) is 10. The van der Waals surface area contributed by atoms with Gasteiger partial charge in [-0.05, 0) is 49.4 Å². The number of carbonyl (C=O) groups excluding carboxylic acids is 1. The summed E-state index contributed by atoms with van der Waals surface area (Å²) in [6.45, 7) is 1.64. The van der Waals surface area contributed by atoms with E-state index in [1.807, 2.05) is 6.07 Å². The number of fused-ring (bicyclic) bond motifs is 1. The van der Waals surface area contributed by atoms with Gasteiger partial charge < -0.3 is 31.5 Å². The van der Waals surface area contributed by atoms with Crippen LogP contribution in [0.4, 0.5) is 27.8 Å². The Morgan fingerprint density at radius 1 is 1.14 bits per heavy atom. The molecule has 6 N–H and O–H groups in total. The van der Waals surface area contributed by atoms with E-state index in [1.54, 1.807) is 73.7 Å². The van der Waals surface area contributed by atoms with Gasteiger partial charge in [0, 0.05) is 5.69 Å². The van der Waals surface area contributed by atoms with Crippen molar-refractivity contribution >= 4 is 51.5 Å². The Labute approximate surface area is 255 Å². The molecule has 222 valence electrons. The van der Waals surface area contributed by atoms with Gasteiger partial charge in [-0.1, -0.05) is 35.9 Å². The van der Waals surface area contributed by atoms with Crippen molar-refractivity contribution in [3.05, 3.63) is 99.8 Å². The number of para-hydroxylation sites is 2. The minimum Gasteiger partial charge on any atom is -0.489 e. The zero-order valence-electron chi connectivity index (χ0n) is 23.3. The number of nitrogens with zero attached hydrogens (tertiary/aromatic N) is 5. The van der Waals surface area contributed by atoms with Gasteiger partial charge in [-0.3, -0.25) is 9.36 Å². The molecule has 5 aromatic rings. The fraction of sp³-hybridized carbons (Fsp3) is 0.133. The number of nitrogen functional groups attached to an aromatic ring is 1. The van der Waals surface area contributed by atoms with Gasteiger partial charge in [0.1, 0.15) is 47.8 Å². The minimum absolute atomic E-state index is 0.00692. The van der Waals surface area contributed by atoms with Crippen LogP contribution >= 0.6 is 11.6 Å². The van der Waals surface area contributed by atoms with Crippen molar-refractivity contribution in [2.45, 2.75) is 13.0 Å². The Kier molecular flexibility index (Phi) is 8.85. The van der Waals surface area contributed by atoms with Crippen LogP contribution in [0.15, 0.2) is 77.9 Å². The zero-order valence-corrected chi connectivity index (χ0v) is 24.0. The molecule has 1 atom stereocenters. The molecule has 0 aliphatic carbocycles. The number of amides is 2. The van der Waals surface area contributed by atoms with Crippen LogP contribution < -0.4 is 32.0 Å². The van der Waals surface area contributed by atoms with Crippen molar-refractivity contribution in [2.75, 3.05) is 34.9 Å². The molecule has 0 spiro atoms. The summed E-state index contributed by atoms with van der Waals surface area (Å²) in [4.78, 5) is 39.7. The summed E-state index contributed by atoms with van der Waals surface area (Å²) in [6.07, 6.45) is 1.23. The molecule has 2 aromatic heterocycles. The second kappa shape index (κ2) is 13.1. The van der Waals surface area contributed by atoms with Gasteiger partial charge in [-0.2, -0.15) is 5.26 Å². The lowest BCUT2D eigenvalue weighted by Gasteiger charge is -2.21. The van der Waals surface area contributed by atoms with Gasteiger partial charge in [0.05, 0.1) is 39.9 Å². The number of carbonyl (C=O) groups is 1. The highest BCUT2D eigenvalue weighted by Gasteiger charge is 2.22. The molecule has 0 aliphatic heterocycles. The largest absolute Gasteiger partial charge is 0.489 e. The molecular weight excluding hydrogens is 586 g/mol. The van der Waals surface area contributed by atoms with Crippen molar-refractivity contribution in [3.8, 4) is 17.5 Å². The Bertz CT molecular complexity index is 1960. The normalized spacial score (nSPS) is 11.4. The lowest BCUT2D eigenvalue weighted by molar-refractivity contribution is 0.202. The molecule has 13 nitrogen and oxygen atoms in total. The number of ether oxygens (including phenoxy) is 1. The summed E-state index contributed by atoms with van der Waals surface area (Å²) < 4.78 is 6.86. The summed E-state index contributed by atoms with van der Waals surface area (Å²) >= 11 is 6.44. The van der Waals surface area contributed by atoms with Crippen LogP contribution in [-0.2, 0) is 0 Å². The molecule has 44 heavy (non-hydrogen) atoms. The van der Waals surface area contributed by atoms with E-state index in [0.717, 1.165) is 0 Å².